The van der Waals surface area contributed by atoms with E-state index in [-0.39, 0.29) is 11.1 Å². The van der Waals surface area contributed by atoms with E-state index in [2.05, 4.69) is 10.3 Å². The van der Waals surface area contributed by atoms with Gasteiger partial charge in [-0.15, -0.1) is 11.3 Å². The molecule has 1 amide bonds. The molecule has 0 unspecified atom stereocenters. The van der Waals surface area contributed by atoms with E-state index in [9.17, 15) is 9.59 Å². The van der Waals surface area contributed by atoms with Crippen LogP contribution in [0.3, 0.4) is 0 Å². The highest BCUT2D eigenvalue weighted by Gasteiger charge is 2.22. The number of benzene rings is 1. The Morgan fingerprint density at radius 3 is 2.58 bits per heavy atom. The van der Waals surface area contributed by atoms with E-state index in [0.29, 0.717) is 4.96 Å². The van der Waals surface area contributed by atoms with E-state index in [1.807, 2.05) is 32.9 Å². The topological polar surface area (TPSA) is 63.5 Å². The van der Waals surface area contributed by atoms with Crippen LogP contribution in [0.2, 0.25) is 0 Å². The molecule has 0 saturated heterocycles. The molecule has 1 aliphatic rings. The summed E-state index contributed by atoms with van der Waals surface area (Å²) < 4.78 is 1.64. The molecule has 0 saturated carbocycles. The molecule has 134 valence electrons. The summed E-state index contributed by atoms with van der Waals surface area (Å²) in [7, 11) is 0. The molecule has 6 heteroatoms. The predicted octanol–water partition coefficient (Wildman–Crippen LogP) is 3.81. The monoisotopic (exact) mass is 367 g/mol. The third-order valence-electron chi connectivity index (χ3n) is 4.96. The van der Waals surface area contributed by atoms with Crippen molar-refractivity contribution < 1.29 is 4.79 Å². The van der Waals surface area contributed by atoms with Crippen LogP contribution >= 0.6 is 11.3 Å². The first-order chi connectivity index (χ1) is 12.5. The molecule has 0 atom stereocenters. The standard InChI is InChI=1S/C20H21N3O2S/c1-11-8-12(2)17(13(3)9-11)22-18(24)14-10-21-20-23(19(14)25)15-6-4-5-7-16(15)26-20/h8-10H,4-7H2,1-3H3,(H,22,24). The Hall–Kier alpha value is -2.47. The Balaban J connectivity index is 1.76. The third kappa shape index (κ3) is 2.74. The van der Waals surface area contributed by atoms with Gasteiger partial charge in [0.05, 0.1) is 0 Å². The van der Waals surface area contributed by atoms with Crippen molar-refractivity contribution in [2.24, 2.45) is 0 Å². The van der Waals surface area contributed by atoms with Crippen LogP contribution in [0.4, 0.5) is 5.69 Å². The van der Waals surface area contributed by atoms with Gasteiger partial charge in [-0.05, 0) is 57.6 Å². The van der Waals surface area contributed by atoms with E-state index in [1.165, 1.54) is 11.1 Å². The highest BCUT2D eigenvalue weighted by Crippen LogP contribution is 2.28. The van der Waals surface area contributed by atoms with Crippen molar-refractivity contribution >= 4 is 27.9 Å². The average molecular weight is 367 g/mol. The normalized spacial score (nSPS) is 13.7. The minimum atomic E-state index is -0.400. The second kappa shape index (κ2) is 6.36. The van der Waals surface area contributed by atoms with Gasteiger partial charge in [-0.3, -0.25) is 14.0 Å². The molecule has 1 aromatic carbocycles. The zero-order valence-corrected chi connectivity index (χ0v) is 16.0. The van der Waals surface area contributed by atoms with Crippen LogP contribution in [0, 0.1) is 20.8 Å². The van der Waals surface area contributed by atoms with E-state index >= 15 is 0 Å². The van der Waals surface area contributed by atoms with Gasteiger partial charge in [0.15, 0.2) is 4.96 Å². The molecule has 0 bridgehead atoms. The number of anilines is 1. The molecule has 0 spiro atoms. The molecular weight excluding hydrogens is 346 g/mol. The van der Waals surface area contributed by atoms with Crippen LogP contribution in [0.5, 0.6) is 0 Å². The molecule has 3 aromatic rings. The summed E-state index contributed by atoms with van der Waals surface area (Å²) in [6.45, 7) is 5.94. The summed E-state index contributed by atoms with van der Waals surface area (Å²) in [6, 6.07) is 4.04. The molecular formula is C20H21N3O2S. The predicted molar refractivity (Wildman–Crippen MR) is 105 cm³/mol. The van der Waals surface area contributed by atoms with Crippen molar-refractivity contribution in [2.45, 2.75) is 46.5 Å². The van der Waals surface area contributed by atoms with Crippen LogP contribution in [0.15, 0.2) is 23.1 Å². The number of aromatic nitrogens is 2. The zero-order chi connectivity index (χ0) is 18.4. The zero-order valence-electron chi connectivity index (χ0n) is 15.2. The largest absolute Gasteiger partial charge is 0.321 e. The summed E-state index contributed by atoms with van der Waals surface area (Å²) in [5.74, 6) is -0.400. The second-order valence-corrected chi connectivity index (χ2v) is 8.06. The fourth-order valence-electron chi connectivity index (χ4n) is 3.78. The van der Waals surface area contributed by atoms with Crippen LogP contribution in [-0.4, -0.2) is 15.3 Å². The number of hydrogen-bond acceptors (Lipinski definition) is 4. The molecule has 1 aliphatic carbocycles. The van der Waals surface area contributed by atoms with Crippen molar-refractivity contribution in [1.29, 1.82) is 0 Å². The van der Waals surface area contributed by atoms with Gasteiger partial charge in [0.1, 0.15) is 5.56 Å². The van der Waals surface area contributed by atoms with Crippen LogP contribution in [-0.2, 0) is 12.8 Å². The number of nitrogens with one attached hydrogen (secondary N) is 1. The van der Waals surface area contributed by atoms with Gasteiger partial charge >= 0.3 is 0 Å². The summed E-state index contributed by atoms with van der Waals surface area (Å²) in [6.07, 6.45) is 5.50. The van der Waals surface area contributed by atoms with Gasteiger partial charge in [-0.1, -0.05) is 17.7 Å². The Morgan fingerprint density at radius 1 is 1.15 bits per heavy atom. The van der Waals surface area contributed by atoms with E-state index in [0.717, 1.165) is 53.8 Å². The number of hydrogen-bond donors (Lipinski definition) is 1. The lowest BCUT2D eigenvalue weighted by Crippen LogP contribution is -2.28. The number of amides is 1. The summed E-state index contributed by atoms with van der Waals surface area (Å²) in [5.41, 5.74) is 4.73. The number of fused-ring (bicyclic) bond motifs is 3. The Morgan fingerprint density at radius 2 is 1.85 bits per heavy atom. The van der Waals surface area contributed by atoms with Crippen LogP contribution in [0.1, 0.15) is 50.5 Å². The number of aryl methyl sites for hydroxylation is 5. The fraction of sp³-hybridized carbons (Fsp3) is 0.350. The molecule has 5 nitrogen and oxygen atoms in total. The van der Waals surface area contributed by atoms with Gasteiger partial charge < -0.3 is 5.32 Å². The first-order valence-corrected chi connectivity index (χ1v) is 9.69. The number of carbonyl (C=O) groups is 1. The Bertz CT molecular complexity index is 1070. The Labute approximate surface area is 155 Å². The lowest BCUT2D eigenvalue weighted by atomic mass is 10.0. The quantitative estimate of drug-likeness (QED) is 0.749. The molecule has 0 fully saturated rings. The minimum Gasteiger partial charge on any atom is -0.321 e. The van der Waals surface area contributed by atoms with Crippen LogP contribution < -0.4 is 10.9 Å². The maximum Gasteiger partial charge on any atom is 0.271 e. The van der Waals surface area contributed by atoms with E-state index < -0.39 is 5.91 Å². The molecule has 2 aromatic heterocycles. The minimum absolute atomic E-state index is 0.0908. The van der Waals surface area contributed by atoms with Crippen LogP contribution in [0.25, 0.3) is 4.96 Å². The average Bonchev–Trinajstić information content (AvgIpc) is 2.97. The summed E-state index contributed by atoms with van der Waals surface area (Å²) >= 11 is 1.56. The Kier molecular flexibility index (Phi) is 4.15. The molecule has 0 radical (unpaired) electrons. The first-order valence-electron chi connectivity index (χ1n) is 8.87. The summed E-state index contributed by atoms with van der Waals surface area (Å²) in [5, 5.41) is 2.91. The maximum atomic E-state index is 13.0. The first kappa shape index (κ1) is 17.0. The maximum absolute atomic E-state index is 13.0. The summed E-state index contributed by atoms with van der Waals surface area (Å²) in [4.78, 5) is 32.1. The van der Waals surface area contributed by atoms with Crippen molar-refractivity contribution in [1.82, 2.24) is 9.38 Å². The van der Waals surface area contributed by atoms with Crippen molar-refractivity contribution in [3.05, 3.63) is 61.5 Å². The van der Waals surface area contributed by atoms with Gasteiger partial charge in [0.2, 0.25) is 0 Å². The van der Waals surface area contributed by atoms with Gasteiger partial charge in [0.25, 0.3) is 11.5 Å². The number of carbonyl (C=O) groups excluding carboxylic acids is 1. The molecule has 2 heterocycles. The fourth-order valence-corrected chi connectivity index (χ4v) is 4.95. The number of thiazole rings is 1. The lowest BCUT2D eigenvalue weighted by molar-refractivity contribution is 0.102. The molecule has 4 rings (SSSR count). The highest BCUT2D eigenvalue weighted by molar-refractivity contribution is 7.17. The van der Waals surface area contributed by atoms with Crippen molar-refractivity contribution in [2.75, 3.05) is 5.32 Å². The number of nitrogens with zero attached hydrogens (tertiary/aromatic N) is 2. The highest BCUT2D eigenvalue weighted by atomic mass is 32.1. The van der Waals surface area contributed by atoms with Crippen molar-refractivity contribution in [3.63, 3.8) is 0 Å². The van der Waals surface area contributed by atoms with Crippen molar-refractivity contribution in [3.8, 4) is 0 Å². The van der Waals surface area contributed by atoms with E-state index in [4.69, 9.17) is 0 Å². The third-order valence-corrected chi connectivity index (χ3v) is 6.12. The molecule has 26 heavy (non-hydrogen) atoms. The van der Waals surface area contributed by atoms with Gasteiger partial charge in [0, 0.05) is 22.5 Å². The molecule has 1 N–H and O–H groups in total. The molecule has 0 aliphatic heterocycles. The SMILES string of the molecule is Cc1cc(C)c(NC(=O)c2cnc3sc4c(n3c2=O)CCCC4)c(C)c1. The lowest BCUT2D eigenvalue weighted by Gasteiger charge is -2.13. The van der Waals surface area contributed by atoms with E-state index in [1.54, 1.807) is 15.7 Å². The number of rotatable bonds is 2. The van der Waals surface area contributed by atoms with Gasteiger partial charge in [-0.25, -0.2) is 4.98 Å². The van der Waals surface area contributed by atoms with Gasteiger partial charge in [-0.2, -0.15) is 0 Å². The smallest absolute Gasteiger partial charge is 0.271 e. The second-order valence-electron chi connectivity index (χ2n) is 7.00.